The Balaban J connectivity index is 4.07. The molecule has 0 aliphatic rings. The Bertz CT molecular complexity index is 159. The van der Waals surface area contributed by atoms with E-state index < -0.39 is 0 Å². The third kappa shape index (κ3) is 10.2. The van der Waals surface area contributed by atoms with E-state index >= 15 is 0 Å². The molecule has 0 heterocycles. The van der Waals surface area contributed by atoms with Crippen molar-refractivity contribution in [2.75, 3.05) is 40.3 Å². The molecule has 0 aromatic carbocycles. The highest BCUT2D eigenvalue weighted by molar-refractivity contribution is 4.78. The molecule has 3 nitrogen and oxygen atoms in total. The summed E-state index contributed by atoms with van der Waals surface area (Å²) in [6, 6.07) is 0. The second kappa shape index (κ2) is 6.46. The van der Waals surface area contributed by atoms with E-state index in [1.807, 2.05) is 0 Å². The Morgan fingerprint density at radius 2 is 1.67 bits per heavy atom. The van der Waals surface area contributed by atoms with Gasteiger partial charge in [0.25, 0.3) is 0 Å². The summed E-state index contributed by atoms with van der Waals surface area (Å²) in [5, 5.41) is 0. The Labute approximate surface area is 95.6 Å². The molecule has 0 bridgehead atoms. The van der Waals surface area contributed by atoms with E-state index in [0.29, 0.717) is 5.92 Å². The summed E-state index contributed by atoms with van der Waals surface area (Å²) >= 11 is 0. The third-order valence-electron chi connectivity index (χ3n) is 2.12. The van der Waals surface area contributed by atoms with Gasteiger partial charge in [0.05, 0.1) is 0 Å². The normalized spacial score (nSPS) is 13.2. The van der Waals surface area contributed by atoms with Gasteiger partial charge in [-0.3, -0.25) is 0 Å². The number of nitrogens with zero attached hydrogens (tertiary/aromatic N) is 2. The molecule has 0 unspecified atom stereocenters. The Kier molecular flexibility index (Phi) is 6.41. The number of hydrogen-bond acceptors (Lipinski definition) is 3. The van der Waals surface area contributed by atoms with Crippen LogP contribution in [0.2, 0.25) is 0 Å². The molecule has 0 radical (unpaired) electrons. The molecule has 0 aromatic heterocycles. The van der Waals surface area contributed by atoms with Crippen LogP contribution >= 0.6 is 0 Å². The van der Waals surface area contributed by atoms with Crippen LogP contribution in [0.5, 0.6) is 0 Å². The standard InChI is InChI=1S/C12H29N3/c1-11(2)9-15(8-7-14(5)6)10-12(3,4)13/h11H,7-10,13H2,1-6H3. The minimum atomic E-state index is -0.0960. The highest BCUT2D eigenvalue weighted by atomic mass is 15.2. The third-order valence-corrected chi connectivity index (χ3v) is 2.12. The van der Waals surface area contributed by atoms with Gasteiger partial charge in [0.1, 0.15) is 0 Å². The minimum absolute atomic E-state index is 0.0960. The van der Waals surface area contributed by atoms with Crippen molar-refractivity contribution >= 4 is 0 Å². The average molecular weight is 215 g/mol. The quantitative estimate of drug-likeness (QED) is 0.693. The van der Waals surface area contributed by atoms with Crippen LogP contribution in [0.15, 0.2) is 0 Å². The summed E-state index contributed by atoms with van der Waals surface area (Å²) in [4.78, 5) is 4.68. The first kappa shape index (κ1) is 14.9. The lowest BCUT2D eigenvalue weighted by Gasteiger charge is -2.31. The highest BCUT2D eigenvalue weighted by Crippen LogP contribution is 2.05. The largest absolute Gasteiger partial charge is 0.324 e. The van der Waals surface area contributed by atoms with Crippen LogP contribution in [-0.2, 0) is 0 Å². The van der Waals surface area contributed by atoms with E-state index in [4.69, 9.17) is 5.73 Å². The van der Waals surface area contributed by atoms with Crippen LogP contribution in [0.4, 0.5) is 0 Å². The van der Waals surface area contributed by atoms with Gasteiger partial charge >= 0.3 is 0 Å². The van der Waals surface area contributed by atoms with Gasteiger partial charge in [0.15, 0.2) is 0 Å². The van der Waals surface area contributed by atoms with E-state index in [2.05, 4.69) is 51.6 Å². The van der Waals surface area contributed by atoms with Gasteiger partial charge in [-0.2, -0.15) is 0 Å². The Hall–Kier alpha value is -0.120. The lowest BCUT2D eigenvalue weighted by atomic mass is 10.1. The first-order valence-corrected chi connectivity index (χ1v) is 5.86. The van der Waals surface area contributed by atoms with Gasteiger partial charge in [0, 0.05) is 31.7 Å². The number of hydrogen-bond donors (Lipinski definition) is 1. The van der Waals surface area contributed by atoms with Crippen molar-refractivity contribution in [2.24, 2.45) is 11.7 Å². The van der Waals surface area contributed by atoms with E-state index in [0.717, 1.165) is 26.2 Å². The molecule has 0 saturated carbocycles. The topological polar surface area (TPSA) is 32.5 Å². The van der Waals surface area contributed by atoms with Crippen molar-refractivity contribution < 1.29 is 0 Å². The smallest absolute Gasteiger partial charge is 0.0226 e. The van der Waals surface area contributed by atoms with Crippen molar-refractivity contribution in [1.82, 2.24) is 9.80 Å². The Morgan fingerprint density at radius 1 is 1.13 bits per heavy atom. The maximum Gasteiger partial charge on any atom is 0.0226 e. The monoisotopic (exact) mass is 215 g/mol. The molecule has 0 aliphatic heterocycles. The van der Waals surface area contributed by atoms with Gasteiger partial charge in [0.2, 0.25) is 0 Å². The molecule has 2 N–H and O–H groups in total. The molecule has 0 fully saturated rings. The van der Waals surface area contributed by atoms with Crippen LogP contribution in [0.3, 0.4) is 0 Å². The Morgan fingerprint density at radius 3 is 2.00 bits per heavy atom. The number of nitrogens with two attached hydrogens (primary N) is 1. The fraction of sp³-hybridized carbons (Fsp3) is 1.00. The maximum absolute atomic E-state index is 6.06. The van der Waals surface area contributed by atoms with Crippen molar-refractivity contribution in [3.63, 3.8) is 0 Å². The molecule has 0 amide bonds. The molecule has 0 spiro atoms. The van der Waals surface area contributed by atoms with Crippen LogP contribution in [0, 0.1) is 5.92 Å². The zero-order valence-corrected chi connectivity index (χ0v) is 11.4. The van der Waals surface area contributed by atoms with Gasteiger partial charge in [-0.1, -0.05) is 13.8 Å². The number of likely N-dealkylation sites (N-methyl/N-ethyl adjacent to an activating group) is 1. The molecule has 3 heteroatoms. The first-order chi connectivity index (χ1) is 6.70. The van der Waals surface area contributed by atoms with E-state index in [1.54, 1.807) is 0 Å². The van der Waals surface area contributed by atoms with Crippen LogP contribution in [0.1, 0.15) is 27.7 Å². The summed E-state index contributed by atoms with van der Waals surface area (Å²) in [5.41, 5.74) is 5.97. The molecule has 0 aliphatic carbocycles. The molecule has 15 heavy (non-hydrogen) atoms. The highest BCUT2D eigenvalue weighted by Gasteiger charge is 2.17. The van der Waals surface area contributed by atoms with Gasteiger partial charge in [-0.25, -0.2) is 0 Å². The lowest BCUT2D eigenvalue weighted by Crippen LogP contribution is -2.48. The summed E-state index contributed by atoms with van der Waals surface area (Å²) < 4.78 is 0. The van der Waals surface area contributed by atoms with Crippen LogP contribution < -0.4 is 5.73 Å². The zero-order valence-electron chi connectivity index (χ0n) is 11.4. The van der Waals surface area contributed by atoms with Gasteiger partial charge in [-0.05, 0) is 33.9 Å². The summed E-state index contributed by atoms with van der Waals surface area (Å²) in [6.45, 7) is 13.0. The molecule has 0 aromatic rings. The van der Waals surface area contributed by atoms with Crippen molar-refractivity contribution in [1.29, 1.82) is 0 Å². The van der Waals surface area contributed by atoms with Crippen LogP contribution in [-0.4, -0.2) is 55.6 Å². The molecule has 0 saturated heterocycles. The zero-order chi connectivity index (χ0) is 12.1. The molecular formula is C12H29N3. The van der Waals surface area contributed by atoms with E-state index in [-0.39, 0.29) is 5.54 Å². The van der Waals surface area contributed by atoms with Crippen molar-refractivity contribution in [3.05, 3.63) is 0 Å². The fourth-order valence-electron chi connectivity index (χ4n) is 1.67. The lowest BCUT2D eigenvalue weighted by molar-refractivity contribution is 0.186. The van der Waals surface area contributed by atoms with Crippen molar-refractivity contribution in [2.45, 2.75) is 33.2 Å². The maximum atomic E-state index is 6.06. The first-order valence-electron chi connectivity index (χ1n) is 5.86. The van der Waals surface area contributed by atoms with Gasteiger partial charge < -0.3 is 15.5 Å². The van der Waals surface area contributed by atoms with E-state index in [9.17, 15) is 0 Å². The number of rotatable bonds is 7. The van der Waals surface area contributed by atoms with Crippen LogP contribution in [0.25, 0.3) is 0 Å². The van der Waals surface area contributed by atoms with E-state index in [1.165, 1.54) is 0 Å². The summed E-state index contributed by atoms with van der Waals surface area (Å²) in [7, 11) is 4.22. The predicted octanol–water partition coefficient (Wildman–Crippen LogP) is 1.24. The summed E-state index contributed by atoms with van der Waals surface area (Å²) in [6.07, 6.45) is 0. The second-order valence-electron chi connectivity index (χ2n) is 5.92. The molecule has 92 valence electrons. The average Bonchev–Trinajstić information content (AvgIpc) is 1.95. The predicted molar refractivity (Wildman–Crippen MR) is 68.1 cm³/mol. The SMILES string of the molecule is CC(C)CN(CCN(C)C)CC(C)(C)N. The molecule has 0 rings (SSSR count). The minimum Gasteiger partial charge on any atom is -0.324 e. The second-order valence-corrected chi connectivity index (χ2v) is 5.92. The molecule has 0 atom stereocenters. The van der Waals surface area contributed by atoms with Gasteiger partial charge in [-0.15, -0.1) is 0 Å². The van der Waals surface area contributed by atoms with Crippen molar-refractivity contribution in [3.8, 4) is 0 Å². The fourth-order valence-corrected chi connectivity index (χ4v) is 1.67. The summed E-state index contributed by atoms with van der Waals surface area (Å²) in [5.74, 6) is 0.703. The molecular weight excluding hydrogens is 186 g/mol.